The molecule has 0 atom stereocenters. The molecule has 1 heterocycles. The number of nitrogens with one attached hydrogen (secondary N) is 2. The van der Waals surface area contributed by atoms with Gasteiger partial charge in [-0.25, -0.2) is 0 Å². The first-order chi connectivity index (χ1) is 14.4. The molecule has 166 valence electrons. The van der Waals surface area contributed by atoms with Gasteiger partial charge in [-0.3, -0.25) is 14.2 Å². The summed E-state index contributed by atoms with van der Waals surface area (Å²) in [4.78, 5) is 28.1. The largest absolute Gasteiger partial charge is 0.490 e. The van der Waals surface area contributed by atoms with Crippen molar-refractivity contribution in [3.8, 4) is 11.5 Å². The van der Waals surface area contributed by atoms with Crippen molar-refractivity contribution >= 4 is 29.0 Å². The maximum atomic E-state index is 13.0. The summed E-state index contributed by atoms with van der Waals surface area (Å²) in [7, 11) is 3.00. The van der Waals surface area contributed by atoms with Gasteiger partial charge in [-0.2, -0.15) is 0 Å². The first-order valence-corrected chi connectivity index (χ1v) is 10.2. The average molecular weight is 440 g/mol. The monoisotopic (exact) mass is 439 g/mol. The summed E-state index contributed by atoms with van der Waals surface area (Å²) in [5.74, 6) is 0.904. The Balaban J connectivity index is 2.16. The standard InChI is InChI=1S/C20H29N3O6S/c1-5-28-15-10-13-14(11-16(15)29-6-2)22-20(30)23(19(13)25)9-7-8-17(24)21-12-18(26-3)27-4/h10-11,18H,5-9,12H2,1-4H3,(H,21,24)(H,22,30). The molecule has 0 aliphatic heterocycles. The van der Waals surface area contributed by atoms with Gasteiger partial charge in [-0.15, -0.1) is 0 Å². The summed E-state index contributed by atoms with van der Waals surface area (Å²) >= 11 is 5.36. The van der Waals surface area contributed by atoms with Crippen LogP contribution in [-0.2, 0) is 20.8 Å². The van der Waals surface area contributed by atoms with E-state index in [1.807, 2.05) is 13.8 Å². The van der Waals surface area contributed by atoms with E-state index in [9.17, 15) is 9.59 Å². The second kappa shape index (κ2) is 11.7. The Hall–Kier alpha value is -2.43. The molecule has 0 aliphatic rings. The summed E-state index contributed by atoms with van der Waals surface area (Å²) in [6, 6.07) is 3.39. The third kappa shape index (κ3) is 6.04. The third-order valence-electron chi connectivity index (χ3n) is 4.42. The highest BCUT2D eigenvalue weighted by atomic mass is 32.1. The Labute approximate surface area is 180 Å². The van der Waals surface area contributed by atoms with E-state index >= 15 is 0 Å². The summed E-state index contributed by atoms with van der Waals surface area (Å²) in [5, 5.41) is 3.18. The van der Waals surface area contributed by atoms with Crippen LogP contribution in [0, 0.1) is 4.77 Å². The molecule has 0 spiro atoms. The van der Waals surface area contributed by atoms with Gasteiger partial charge in [0.2, 0.25) is 5.91 Å². The lowest BCUT2D eigenvalue weighted by molar-refractivity contribution is -0.127. The number of methoxy groups -OCH3 is 2. The van der Waals surface area contributed by atoms with Crippen molar-refractivity contribution in [2.75, 3.05) is 34.0 Å². The van der Waals surface area contributed by atoms with Gasteiger partial charge in [-0.1, -0.05) is 0 Å². The van der Waals surface area contributed by atoms with E-state index < -0.39 is 6.29 Å². The number of hydrogen-bond acceptors (Lipinski definition) is 7. The van der Waals surface area contributed by atoms with Crippen molar-refractivity contribution in [2.45, 2.75) is 39.5 Å². The van der Waals surface area contributed by atoms with Crippen molar-refractivity contribution in [1.82, 2.24) is 14.9 Å². The molecule has 2 N–H and O–H groups in total. The minimum absolute atomic E-state index is 0.155. The molecule has 9 nitrogen and oxygen atoms in total. The zero-order valence-corrected chi connectivity index (χ0v) is 18.6. The van der Waals surface area contributed by atoms with E-state index in [2.05, 4.69) is 10.3 Å². The van der Waals surface area contributed by atoms with Gasteiger partial charge in [0.05, 0.1) is 30.7 Å². The van der Waals surface area contributed by atoms with Gasteiger partial charge in [0.25, 0.3) is 5.56 Å². The highest BCUT2D eigenvalue weighted by Crippen LogP contribution is 2.30. The summed E-state index contributed by atoms with van der Waals surface area (Å²) < 4.78 is 23.0. The van der Waals surface area contributed by atoms with Crippen LogP contribution in [0.3, 0.4) is 0 Å². The fraction of sp³-hybridized carbons (Fsp3) is 0.550. The number of H-pyrrole nitrogens is 1. The lowest BCUT2D eigenvalue weighted by atomic mass is 10.2. The molecule has 1 amide bonds. The Bertz CT molecular complexity index is 967. The van der Waals surface area contributed by atoms with Gasteiger partial charge in [0.1, 0.15) is 0 Å². The van der Waals surface area contributed by atoms with E-state index in [4.69, 9.17) is 31.2 Å². The van der Waals surface area contributed by atoms with Crippen LogP contribution in [0.5, 0.6) is 11.5 Å². The fourth-order valence-electron chi connectivity index (χ4n) is 2.95. The van der Waals surface area contributed by atoms with Crippen LogP contribution < -0.4 is 20.3 Å². The number of fused-ring (bicyclic) bond motifs is 1. The molecule has 0 fully saturated rings. The summed E-state index contributed by atoms with van der Waals surface area (Å²) in [5.41, 5.74) is 0.341. The number of hydrogen-bond donors (Lipinski definition) is 2. The quantitative estimate of drug-likeness (QED) is 0.386. The molecular weight excluding hydrogens is 410 g/mol. The number of carbonyl (C=O) groups is 1. The topological polar surface area (TPSA) is 104 Å². The van der Waals surface area contributed by atoms with Crippen molar-refractivity contribution in [2.24, 2.45) is 0 Å². The Kier molecular flexibility index (Phi) is 9.28. The maximum Gasteiger partial charge on any atom is 0.262 e. The second-order valence-corrected chi connectivity index (χ2v) is 6.79. The normalized spacial score (nSPS) is 11.1. The van der Waals surface area contributed by atoms with E-state index in [-0.39, 0.29) is 24.4 Å². The van der Waals surface area contributed by atoms with E-state index in [0.29, 0.717) is 53.4 Å². The zero-order valence-electron chi connectivity index (χ0n) is 17.8. The van der Waals surface area contributed by atoms with Gasteiger partial charge in [0, 0.05) is 33.3 Å². The first kappa shape index (κ1) is 23.8. The lowest BCUT2D eigenvalue weighted by Crippen LogP contribution is -2.34. The number of ether oxygens (including phenoxy) is 4. The van der Waals surface area contributed by atoms with Gasteiger partial charge in [-0.05, 0) is 38.6 Å². The van der Waals surface area contributed by atoms with E-state index in [1.165, 1.54) is 18.8 Å². The number of aromatic nitrogens is 2. The van der Waals surface area contributed by atoms with Crippen molar-refractivity contribution in [3.05, 3.63) is 27.3 Å². The fourth-order valence-corrected chi connectivity index (χ4v) is 3.23. The molecule has 0 unspecified atom stereocenters. The molecule has 0 bridgehead atoms. The number of nitrogens with zero attached hydrogens (tertiary/aromatic N) is 1. The summed E-state index contributed by atoms with van der Waals surface area (Å²) in [6.07, 6.45) is 0.203. The molecule has 2 rings (SSSR count). The Morgan fingerprint density at radius 3 is 2.40 bits per heavy atom. The highest BCUT2D eigenvalue weighted by molar-refractivity contribution is 7.71. The molecular formula is C20H29N3O6S. The first-order valence-electron chi connectivity index (χ1n) is 9.83. The van der Waals surface area contributed by atoms with Crippen molar-refractivity contribution in [1.29, 1.82) is 0 Å². The molecule has 0 radical (unpaired) electrons. The molecule has 2 aromatic rings. The summed E-state index contributed by atoms with van der Waals surface area (Å²) in [6.45, 7) is 5.23. The smallest absolute Gasteiger partial charge is 0.262 e. The van der Waals surface area contributed by atoms with Gasteiger partial charge in [0.15, 0.2) is 22.6 Å². The van der Waals surface area contributed by atoms with Crippen LogP contribution >= 0.6 is 12.2 Å². The molecule has 0 saturated heterocycles. The molecule has 10 heteroatoms. The highest BCUT2D eigenvalue weighted by Gasteiger charge is 2.13. The number of rotatable bonds is 12. The number of benzene rings is 1. The molecule has 1 aromatic carbocycles. The van der Waals surface area contributed by atoms with Crippen molar-refractivity contribution in [3.63, 3.8) is 0 Å². The van der Waals surface area contributed by atoms with Gasteiger partial charge < -0.3 is 29.2 Å². The van der Waals surface area contributed by atoms with E-state index in [0.717, 1.165) is 0 Å². The molecule has 30 heavy (non-hydrogen) atoms. The van der Waals surface area contributed by atoms with Crippen molar-refractivity contribution < 1.29 is 23.7 Å². The third-order valence-corrected chi connectivity index (χ3v) is 4.75. The second-order valence-electron chi connectivity index (χ2n) is 6.41. The zero-order chi connectivity index (χ0) is 22.1. The molecule has 1 aromatic heterocycles. The maximum absolute atomic E-state index is 13.0. The number of carbonyl (C=O) groups excluding carboxylic acids is 1. The van der Waals surface area contributed by atoms with Crippen LogP contribution in [0.15, 0.2) is 16.9 Å². The van der Waals surface area contributed by atoms with Crippen LogP contribution in [0.2, 0.25) is 0 Å². The SMILES string of the molecule is CCOc1cc2[nH]c(=S)n(CCCC(=O)NCC(OC)OC)c(=O)c2cc1OCC. The molecule has 0 saturated carbocycles. The van der Waals surface area contributed by atoms with Gasteiger partial charge >= 0.3 is 0 Å². The Morgan fingerprint density at radius 2 is 1.80 bits per heavy atom. The predicted octanol–water partition coefficient (Wildman–Crippen LogP) is 2.37. The average Bonchev–Trinajstić information content (AvgIpc) is 2.72. The Morgan fingerprint density at radius 1 is 1.17 bits per heavy atom. The molecule has 0 aliphatic carbocycles. The number of amides is 1. The van der Waals surface area contributed by atoms with Crippen LogP contribution in [-0.4, -0.2) is 55.7 Å². The predicted molar refractivity (Wildman–Crippen MR) is 116 cm³/mol. The lowest BCUT2D eigenvalue weighted by Gasteiger charge is -2.14. The number of aromatic amines is 1. The minimum atomic E-state index is -0.494. The van der Waals surface area contributed by atoms with Crippen LogP contribution in [0.4, 0.5) is 0 Å². The van der Waals surface area contributed by atoms with Crippen LogP contribution in [0.1, 0.15) is 26.7 Å². The van der Waals surface area contributed by atoms with Crippen LogP contribution in [0.25, 0.3) is 10.9 Å². The minimum Gasteiger partial charge on any atom is -0.490 e. The van der Waals surface area contributed by atoms with E-state index in [1.54, 1.807) is 12.1 Å².